The number of imidazole rings is 1. The predicted molar refractivity (Wildman–Crippen MR) is 57.7 cm³/mol. The minimum atomic E-state index is -0.396. The van der Waals surface area contributed by atoms with Crippen molar-refractivity contribution in [2.45, 2.75) is 6.92 Å². The third-order valence-corrected chi connectivity index (χ3v) is 2.16. The Kier molecular flexibility index (Phi) is 2.68. The molecular formula is C11H10FN3O. The molecule has 5 heteroatoms. The van der Waals surface area contributed by atoms with Gasteiger partial charge in [-0.15, -0.1) is 0 Å². The number of benzene rings is 1. The molecule has 0 atom stereocenters. The second-order valence-corrected chi connectivity index (χ2v) is 3.36. The number of nitrogens with zero attached hydrogens (tertiary/aromatic N) is 1. The van der Waals surface area contributed by atoms with Crippen molar-refractivity contribution >= 4 is 11.9 Å². The first-order chi connectivity index (χ1) is 7.66. The summed E-state index contributed by atoms with van der Waals surface area (Å²) in [6, 6.07) is 4.33. The third kappa shape index (κ3) is 2.08. The van der Waals surface area contributed by atoms with E-state index in [1.54, 1.807) is 25.3 Å². The van der Waals surface area contributed by atoms with Crippen molar-refractivity contribution in [2.24, 2.45) is 0 Å². The number of hydrogen-bond donors (Lipinski definition) is 2. The molecule has 82 valence electrons. The molecule has 1 aromatic carbocycles. The van der Waals surface area contributed by atoms with Crippen LogP contribution in [0.4, 0.5) is 10.3 Å². The zero-order chi connectivity index (χ0) is 11.5. The number of hydrogen-bond acceptors (Lipinski definition) is 2. The van der Waals surface area contributed by atoms with Gasteiger partial charge in [0.05, 0.1) is 0 Å². The van der Waals surface area contributed by atoms with Crippen LogP contribution >= 0.6 is 0 Å². The summed E-state index contributed by atoms with van der Waals surface area (Å²) >= 11 is 0. The van der Waals surface area contributed by atoms with E-state index < -0.39 is 11.7 Å². The van der Waals surface area contributed by atoms with Crippen molar-refractivity contribution in [1.29, 1.82) is 0 Å². The highest BCUT2D eigenvalue weighted by atomic mass is 19.1. The van der Waals surface area contributed by atoms with Gasteiger partial charge in [0.25, 0.3) is 5.91 Å². The van der Waals surface area contributed by atoms with E-state index in [0.29, 0.717) is 11.5 Å². The van der Waals surface area contributed by atoms with Crippen LogP contribution in [-0.4, -0.2) is 15.9 Å². The largest absolute Gasteiger partial charge is 0.331 e. The maximum absolute atomic E-state index is 13.2. The summed E-state index contributed by atoms with van der Waals surface area (Å²) in [6.45, 7) is 1.64. The number of anilines is 1. The van der Waals surface area contributed by atoms with E-state index in [0.717, 1.165) is 0 Å². The lowest BCUT2D eigenvalue weighted by Gasteiger charge is -2.03. The van der Waals surface area contributed by atoms with E-state index in [9.17, 15) is 9.18 Å². The van der Waals surface area contributed by atoms with Crippen LogP contribution in [0.5, 0.6) is 0 Å². The van der Waals surface area contributed by atoms with Gasteiger partial charge in [0.1, 0.15) is 5.82 Å². The molecule has 0 saturated carbocycles. The van der Waals surface area contributed by atoms with Gasteiger partial charge in [-0.1, -0.05) is 6.07 Å². The SMILES string of the molecule is Cc1ccc(C(=O)Nc2ncc[nH]2)cc1F. The van der Waals surface area contributed by atoms with Crippen molar-refractivity contribution in [2.75, 3.05) is 5.32 Å². The van der Waals surface area contributed by atoms with Gasteiger partial charge in [0.15, 0.2) is 0 Å². The number of amides is 1. The van der Waals surface area contributed by atoms with Crippen LogP contribution < -0.4 is 5.32 Å². The van der Waals surface area contributed by atoms with Gasteiger partial charge >= 0.3 is 0 Å². The van der Waals surface area contributed by atoms with Crippen molar-refractivity contribution < 1.29 is 9.18 Å². The lowest BCUT2D eigenvalue weighted by molar-refractivity contribution is 0.102. The fraction of sp³-hybridized carbons (Fsp3) is 0.0909. The number of aromatic amines is 1. The maximum Gasteiger partial charge on any atom is 0.258 e. The molecule has 2 N–H and O–H groups in total. The molecule has 16 heavy (non-hydrogen) atoms. The van der Waals surface area contributed by atoms with Crippen molar-refractivity contribution in [3.8, 4) is 0 Å². The lowest BCUT2D eigenvalue weighted by Crippen LogP contribution is -2.13. The molecule has 0 aliphatic rings. The Labute approximate surface area is 91.5 Å². The molecule has 1 heterocycles. The molecule has 0 spiro atoms. The topological polar surface area (TPSA) is 57.8 Å². The number of H-pyrrole nitrogens is 1. The monoisotopic (exact) mass is 219 g/mol. The predicted octanol–water partition coefficient (Wildman–Crippen LogP) is 2.11. The average molecular weight is 219 g/mol. The number of aryl methyl sites for hydroxylation is 1. The Morgan fingerprint density at radius 2 is 2.31 bits per heavy atom. The van der Waals surface area contributed by atoms with E-state index in [-0.39, 0.29) is 5.56 Å². The molecule has 4 nitrogen and oxygen atoms in total. The zero-order valence-electron chi connectivity index (χ0n) is 8.62. The maximum atomic E-state index is 13.2. The molecule has 0 fully saturated rings. The van der Waals surface area contributed by atoms with Crippen LogP contribution in [0.2, 0.25) is 0 Å². The standard InChI is InChI=1S/C11H10FN3O/c1-7-2-3-8(6-9(7)12)10(16)15-11-13-4-5-14-11/h2-6H,1H3,(H2,13,14,15,16). The highest BCUT2D eigenvalue weighted by Crippen LogP contribution is 2.10. The molecule has 1 aromatic heterocycles. The number of carbonyl (C=O) groups excluding carboxylic acids is 1. The van der Waals surface area contributed by atoms with Gasteiger partial charge in [0, 0.05) is 18.0 Å². The van der Waals surface area contributed by atoms with Crippen LogP contribution in [0.3, 0.4) is 0 Å². The second kappa shape index (κ2) is 4.14. The Morgan fingerprint density at radius 1 is 1.50 bits per heavy atom. The van der Waals surface area contributed by atoms with Gasteiger partial charge in [-0.05, 0) is 24.6 Å². The van der Waals surface area contributed by atoms with Crippen molar-refractivity contribution in [1.82, 2.24) is 9.97 Å². The molecule has 2 aromatic rings. The summed E-state index contributed by atoms with van der Waals surface area (Å²) in [5, 5.41) is 2.51. The Bertz CT molecular complexity index is 508. The van der Waals surface area contributed by atoms with Gasteiger partial charge in [-0.3, -0.25) is 10.1 Å². The molecular weight excluding hydrogens is 209 g/mol. The second-order valence-electron chi connectivity index (χ2n) is 3.36. The van der Waals surface area contributed by atoms with E-state index in [1.165, 1.54) is 12.3 Å². The fourth-order valence-corrected chi connectivity index (χ4v) is 1.25. The van der Waals surface area contributed by atoms with Crippen LogP contribution in [0, 0.1) is 12.7 Å². The summed E-state index contributed by atoms with van der Waals surface area (Å²) in [6.07, 6.45) is 3.11. The number of aromatic nitrogens is 2. The van der Waals surface area contributed by atoms with E-state index >= 15 is 0 Å². The summed E-state index contributed by atoms with van der Waals surface area (Å²) in [7, 11) is 0. The Balaban J connectivity index is 2.18. The summed E-state index contributed by atoms with van der Waals surface area (Å²) in [4.78, 5) is 18.2. The first-order valence-electron chi connectivity index (χ1n) is 4.73. The smallest absolute Gasteiger partial charge is 0.258 e. The normalized spacial score (nSPS) is 10.1. The quantitative estimate of drug-likeness (QED) is 0.812. The average Bonchev–Trinajstić information content (AvgIpc) is 2.74. The Morgan fingerprint density at radius 3 is 2.94 bits per heavy atom. The van der Waals surface area contributed by atoms with Gasteiger partial charge in [-0.25, -0.2) is 9.37 Å². The zero-order valence-corrected chi connectivity index (χ0v) is 8.62. The first kappa shape index (κ1) is 10.4. The summed E-state index contributed by atoms with van der Waals surface area (Å²) in [5.41, 5.74) is 0.772. The molecule has 2 rings (SSSR count). The van der Waals surface area contributed by atoms with Gasteiger partial charge in [0.2, 0.25) is 5.95 Å². The third-order valence-electron chi connectivity index (χ3n) is 2.16. The molecule has 0 aliphatic carbocycles. The first-order valence-corrected chi connectivity index (χ1v) is 4.73. The van der Waals surface area contributed by atoms with Crippen LogP contribution in [-0.2, 0) is 0 Å². The minimum absolute atomic E-state index is 0.263. The summed E-state index contributed by atoms with van der Waals surface area (Å²) < 4.78 is 13.2. The van der Waals surface area contributed by atoms with Crippen molar-refractivity contribution in [3.63, 3.8) is 0 Å². The highest BCUT2D eigenvalue weighted by Gasteiger charge is 2.09. The van der Waals surface area contributed by atoms with E-state index in [2.05, 4.69) is 15.3 Å². The number of nitrogens with one attached hydrogen (secondary N) is 2. The molecule has 0 unspecified atom stereocenters. The molecule has 0 saturated heterocycles. The van der Waals surface area contributed by atoms with Crippen LogP contribution in [0.25, 0.3) is 0 Å². The highest BCUT2D eigenvalue weighted by molar-refractivity contribution is 6.03. The van der Waals surface area contributed by atoms with Crippen molar-refractivity contribution in [3.05, 3.63) is 47.5 Å². The van der Waals surface area contributed by atoms with E-state index in [1.807, 2.05) is 0 Å². The lowest BCUT2D eigenvalue weighted by atomic mass is 10.1. The molecule has 0 aliphatic heterocycles. The number of halogens is 1. The minimum Gasteiger partial charge on any atom is -0.331 e. The number of rotatable bonds is 2. The Hall–Kier alpha value is -2.17. The van der Waals surface area contributed by atoms with Crippen LogP contribution in [0.1, 0.15) is 15.9 Å². The molecule has 1 amide bonds. The number of carbonyl (C=O) groups is 1. The fourth-order valence-electron chi connectivity index (χ4n) is 1.25. The molecule has 0 radical (unpaired) electrons. The summed E-state index contributed by atoms with van der Waals surface area (Å²) in [5.74, 6) is -0.452. The van der Waals surface area contributed by atoms with Crippen LogP contribution in [0.15, 0.2) is 30.6 Å². The van der Waals surface area contributed by atoms with Gasteiger partial charge < -0.3 is 4.98 Å². The van der Waals surface area contributed by atoms with Gasteiger partial charge in [-0.2, -0.15) is 0 Å². The molecule has 0 bridgehead atoms. The van der Waals surface area contributed by atoms with E-state index in [4.69, 9.17) is 0 Å².